The monoisotopic (exact) mass is 305 g/mol. The molecule has 1 saturated carbocycles. The van der Waals surface area contributed by atoms with Gasteiger partial charge in [-0.2, -0.15) is 0 Å². The summed E-state index contributed by atoms with van der Waals surface area (Å²) in [5.74, 6) is 1.48. The molecule has 1 aliphatic carbocycles. The minimum Gasteiger partial charge on any atom is -0.361 e. The van der Waals surface area contributed by atoms with E-state index in [1.807, 2.05) is 6.92 Å². The van der Waals surface area contributed by atoms with Gasteiger partial charge in [0.2, 0.25) is 0 Å². The molecule has 0 spiro atoms. The van der Waals surface area contributed by atoms with E-state index in [4.69, 9.17) is 4.52 Å². The first-order chi connectivity index (χ1) is 10.6. The lowest BCUT2D eigenvalue weighted by Crippen LogP contribution is -2.45. The second-order valence-corrected chi connectivity index (χ2v) is 6.90. The van der Waals surface area contributed by atoms with E-state index in [1.165, 1.54) is 32.2 Å². The predicted molar refractivity (Wildman–Crippen MR) is 84.9 cm³/mol. The zero-order chi connectivity index (χ0) is 15.5. The van der Waals surface area contributed by atoms with Crippen LogP contribution in [0, 0.1) is 19.8 Å². The first-order valence-corrected chi connectivity index (χ1v) is 8.59. The summed E-state index contributed by atoms with van der Waals surface area (Å²) in [5.41, 5.74) is 1.28. The van der Waals surface area contributed by atoms with Crippen molar-refractivity contribution in [2.75, 3.05) is 19.6 Å². The Kier molecular flexibility index (Phi) is 4.81. The van der Waals surface area contributed by atoms with E-state index in [-0.39, 0.29) is 11.9 Å². The third kappa shape index (κ3) is 3.51. The highest BCUT2D eigenvalue weighted by Gasteiger charge is 2.26. The molecule has 2 aliphatic rings. The summed E-state index contributed by atoms with van der Waals surface area (Å²) in [6, 6.07) is 0.279. The molecule has 1 aliphatic heterocycles. The number of piperidine rings is 1. The fourth-order valence-electron chi connectivity index (χ4n) is 3.88. The van der Waals surface area contributed by atoms with Crippen molar-refractivity contribution in [3.05, 3.63) is 17.0 Å². The molecule has 5 nitrogen and oxygen atoms in total. The van der Waals surface area contributed by atoms with Crippen LogP contribution in [0.1, 0.15) is 60.3 Å². The van der Waals surface area contributed by atoms with E-state index in [9.17, 15) is 4.79 Å². The summed E-state index contributed by atoms with van der Waals surface area (Å²) in [7, 11) is 0. The summed E-state index contributed by atoms with van der Waals surface area (Å²) in [4.78, 5) is 14.9. The van der Waals surface area contributed by atoms with Crippen LogP contribution in [0.2, 0.25) is 0 Å². The normalized spacial score (nSPS) is 21.4. The minimum absolute atomic E-state index is 0.0366. The second-order valence-electron chi connectivity index (χ2n) is 6.90. The zero-order valence-electron chi connectivity index (χ0n) is 13.7. The molecule has 3 rings (SSSR count). The van der Waals surface area contributed by atoms with E-state index in [1.54, 1.807) is 6.92 Å². The van der Waals surface area contributed by atoms with Gasteiger partial charge in [0.1, 0.15) is 11.3 Å². The molecular formula is C17H27N3O2. The molecule has 2 fully saturated rings. The first-order valence-electron chi connectivity index (χ1n) is 8.59. The number of nitrogens with one attached hydrogen (secondary N) is 1. The summed E-state index contributed by atoms with van der Waals surface area (Å²) in [6.45, 7) is 7.06. The first kappa shape index (κ1) is 15.5. The highest BCUT2D eigenvalue weighted by atomic mass is 16.5. The number of aromatic nitrogens is 1. The van der Waals surface area contributed by atoms with Crippen molar-refractivity contribution in [3.63, 3.8) is 0 Å². The van der Waals surface area contributed by atoms with Gasteiger partial charge in [0.15, 0.2) is 0 Å². The summed E-state index contributed by atoms with van der Waals surface area (Å²) in [6.07, 6.45) is 7.72. The standard InChI is InChI=1S/C17H27N3O2/c1-12-16(13(2)22-19-12)17(21)18-15-7-9-20(10-8-15)11-14-5-3-4-6-14/h14-15H,3-11H2,1-2H3,(H,18,21). The van der Waals surface area contributed by atoms with Crippen LogP contribution >= 0.6 is 0 Å². The van der Waals surface area contributed by atoms with Gasteiger partial charge in [-0.15, -0.1) is 0 Å². The summed E-state index contributed by atoms with van der Waals surface area (Å²) in [5, 5.41) is 7.01. The van der Waals surface area contributed by atoms with Crippen LogP contribution in [-0.2, 0) is 0 Å². The van der Waals surface area contributed by atoms with Gasteiger partial charge in [-0.3, -0.25) is 4.79 Å². The number of likely N-dealkylation sites (tertiary alicyclic amines) is 1. The van der Waals surface area contributed by atoms with Crippen molar-refractivity contribution in [2.24, 2.45) is 5.92 Å². The van der Waals surface area contributed by atoms with Crippen LogP contribution in [0.4, 0.5) is 0 Å². The topological polar surface area (TPSA) is 58.4 Å². The largest absolute Gasteiger partial charge is 0.361 e. The molecule has 0 radical (unpaired) electrons. The Hall–Kier alpha value is -1.36. The maximum absolute atomic E-state index is 12.4. The van der Waals surface area contributed by atoms with Crippen molar-refractivity contribution in [1.82, 2.24) is 15.4 Å². The molecule has 0 bridgehead atoms. The van der Waals surface area contributed by atoms with Crippen molar-refractivity contribution in [3.8, 4) is 0 Å². The Morgan fingerprint density at radius 3 is 2.50 bits per heavy atom. The molecule has 1 amide bonds. The molecule has 1 aromatic rings. The number of nitrogens with zero attached hydrogens (tertiary/aromatic N) is 2. The second kappa shape index (κ2) is 6.82. The molecular weight excluding hydrogens is 278 g/mol. The van der Waals surface area contributed by atoms with Crippen molar-refractivity contribution >= 4 is 5.91 Å². The fraction of sp³-hybridized carbons (Fsp3) is 0.765. The van der Waals surface area contributed by atoms with Crippen molar-refractivity contribution < 1.29 is 9.32 Å². The molecule has 2 heterocycles. The highest BCUT2D eigenvalue weighted by Crippen LogP contribution is 2.26. The maximum atomic E-state index is 12.4. The van der Waals surface area contributed by atoms with E-state index in [2.05, 4.69) is 15.4 Å². The lowest BCUT2D eigenvalue weighted by atomic mass is 10.0. The average molecular weight is 305 g/mol. The zero-order valence-corrected chi connectivity index (χ0v) is 13.7. The molecule has 22 heavy (non-hydrogen) atoms. The minimum atomic E-state index is -0.0366. The van der Waals surface area contributed by atoms with Crippen LogP contribution in [0.25, 0.3) is 0 Å². The molecule has 0 aromatic carbocycles. The van der Waals surface area contributed by atoms with Gasteiger partial charge >= 0.3 is 0 Å². The Morgan fingerprint density at radius 1 is 1.23 bits per heavy atom. The fourth-order valence-corrected chi connectivity index (χ4v) is 3.88. The van der Waals surface area contributed by atoms with Gasteiger partial charge in [0.05, 0.1) is 5.69 Å². The highest BCUT2D eigenvalue weighted by molar-refractivity contribution is 5.96. The average Bonchev–Trinajstić information content (AvgIpc) is 3.11. The van der Waals surface area contributed by atoms with Crippen molar-refractivity contribution in [1.29, 1.82) is 0 Å². The number of hydrogen-bond acceptors (Lipinski definition) is 4. The lowest BCUT2D eigenvalue weighted by molar-refractivity contribution is 0.0903. The molecule has 0 atom stereocenters. The maximum Gasteiger partial charge on any atom is 0.257 e. The van der Waals surface area contributed by atoms with Crippen LogP contribution in [0.5, 0.6) is 0 Å². The van der Waals surface area contributed by atoms with Crippen LogP contribution in [-0.4, -0.2) is 41.6 Å². The van der Waals surface area contributed by atoms with Crippen LogP contribution in [0.15, 0.2) is 4.52 Å². The van der Waals surface area contributed by atoms with E-state index >= 15 is 0 Å². The third-order valence-corrected chi connectivity index (χ3v) is 5.17. The number of carbonyl (C=O) groups is 1. The van der Waals surface area contributed by atoms with Crippen LogP contribution < -0.4 is 5.32 Å². The van der Waals surface area contributed by atoms with E-state index in [0.29, 0.717) is 17.0 Å². The number of rotatable bonds is 4. The quantitative estimate of drug-likeness (QED) is 0.929. The molecule has 122 valence electrons. The van der Waals surface area contributed by atoms with Gasteiger partial charge in [-0.1, -0.05) is 18.0 Å². The molecule has 5 heteroatoms. The number of carbonyl (C=O) groups excluding carboxylic acids is 1. The molecule has 1 aromatic heterocycles. The van der Waals surface area contributed by atoms with Gasteiger partial charge in [-0.05, 0) is 45.4 Å². The molecule has 1 saturated heterocycles. The van der Waals surface area contributed by atoms with Gasteiger partial charge in [-0.25, -0.2) is 0 Å². The number of amides is 1. The molecule has 0 unspecified atom stereocenters. The van der Waals surface area contributed by atoms with Gasteiger partial charge < -0.3 is 14.7 Å². The van der Waals surface area contributed by atoms with Crippen LogP contribution in [0.3, 0.4) is 0 Å². The third-order valence-electron chi connectivity index (χ3n) is 5.17. The predicted octanol–water partition coefficient (Wildman–Crippen LogP) is 2.68. The smallest absolute Gasteiger partial charge is 0.257 e. The van der Waals surface area contributed by atoms with Crippen molar-refractivity contribution in [2.45, 2.75) is 58.4 Å². The Bertz CT molecular complexity index is 492. The number of aryl methyl sites for hydroxylation is 2. The lowest BCUT2D eigenvalue weighted by Gasteiger charge is -2.33. The molecule has 1 N–H and O–H groups in total. The summed E-state index contributed by atoms with van der Waals surface area (Å²) < 4.78 is 5.08. The van der Waals surface area contributed by atoms with Gasteiger partial charge in [0, 0.05) is 25.7 Å². The SMILES string of the molecule is Cc1noc(C)c1C(=O)NC1CCN(CC2CCCC2)CC1. The van der Waals surface area contributed by atoms with E-state index in [0.717, 1.165) is 31.8 Å². The van der Waals surface area contributed by atoms with Gasteiger partial charge in [0.25, 0.3) is 5.91 Å². The Labute approximate surface area is 132 Å². The van der Waals surface area contributed by atoms with E-state index < -0.39 is 0 Å². The number of hydrogen-bond donors (Lipinski definition) is 1. The Morgan fingerprint density at radius 2 is 1.91 bits per heavy atom. The Balaban J connectivity index is 1.46. The summed E-state index contributed by atoms with van der Waals surface area (Å²) >= 11 is 0.